The molecule has 2 aromatic carbocycles. The number of esters is 1. The second kappa shape index (κ2) is 10.3. The quantitative estimate of drug-likeness (QED) is 0.668. The Bertz CT molecular complexity index is 986. The molecule has 3 saturated heterocycles. The summed E-state index contributed by atoms with van der Waals surface area (Å²) in [4.78, 5) is 26.8. The lowest BCUT2D eigenvalue weighted by atomic mass is 9.72. The molecule has 34 heavy (non-hydrogen) atoms. The largest absolute Gasteiger partial charge is 0.469 e. The molecule has 4 atom stereocenters. The first kappa shape index (κ1) is 23.1. The standard InChI is InChI=1S/C28H35N3O3/c1-34-28(33)22-12-15-31(16-13-22)18-19-7-9-21(10-8-19)26-23(20-5-3-2-4-6-20)17-24-25(30-26)11-14-29-27(24)32/h2-10,22-26,30H,11-18H2,1H3,(H,29,32). The summed E-state index contributed by atoms with van der Waals surface area (Å²) in [5, 5.41) is 6.91. The number of nitrogens with one attached hydrogen (secondary N) is 2. The monoisotopic (exact) mass is 461 g/mol. The van der Waals surface area contributed by atoms with Crippen molar-refractivity contribution in [3.8, 4) is 0 Å². The number of amides is 1. The van der Waals surface area contributed by atoms with Crippen LogP contribution >= 0.6 is 0 Å². The zero-order valence-corrected chi connectivity index (χ0v) is 19.9. The van der Waals surface area contributed by atoms with Gasteiger partial charge in [-0.15, -0.1) is 0 Å². The van der Waals surface area contributed by atoms with Gasteiger partial charge in [-0.1, -0.05) is 54.6 Å². The summed E-state index contributed by atoms with van der Waals surface area (Å²) in [6.45, 7) is 3.50. The average Bonchev–Trinajstić information content (AvgIpc) is 2.89. The van der Waals surface area contributed by atoms with Crippen LogP contribution in [0.25, 0.3) is 0 Å². The van der Waals surface area contributed by atoms with E-state index in [0.29, 0.717) is 0 Å². The van der Waals surface area contributed by atoms with Gasteiger partial charge in [-0.2, -0.15) is 0 Å². The molecule has 0 aromatic heterocycles. The van der Waals surface area contributed by atoms with E-state index in [-0.39, 0.29) is 41.7 Å². The van der Waals surface area contributed by atoms with E-state index in [4.69, 9.17) is 4.74 Å². The molecule has 1 amide bonds. The minimum atomic E-state index is -0.0744. The van der Waals surface area contributed by atoms with E-state index in [0.717, 1.165) is 51.9 Å². The van der Waals surface area contributed by atoms with Crippen LogP contribution in [0.2, 0.25) is 0 Å². The Hall–Kier alpha value is -2.70. The molecule has 3 fully saturated rings. The van der Waals surface area contributed by atoms with Gasteiger partial charge in [0.25, 0.3) is 0 Å². The highest BCUT2D eigenvalue weighted by Crippen LogP contribution is 2.42. The summed E-state index contributed by atoms with van der Waals surface area (Å²) in [6.07, 6.45) is 3.58. The molecule has 2 aromatic rings. The molecule has 3 aliphatic heterocycles. The molecule has 0 aliphatic carbocycles. The van der Waals surface area contributed by atoms with E-state index in [9.17, 15) is 9.59 Å². The van der Waals surface area contributed by atoms with Crippen molar-refractivity contribution in [2.24, 2.45) is 11.8 Å². The molecular formula is C28H35N3O3. The van der Waals surface area contributed by atoms with E-state index >= 15 is 0 Å². The normalized spacial score (nSPS) is 28.1. The summed E-state index contributed by atoms with van der Waals surface area (Å²) in [5.74, 6) is 0.447. The van der Waals surface area contributed by atoms with Gasteiger partial charge in [0.05, 0.1) is 18.9 Å². The molecule has 4 unspecified atom stereocenters. The minimum Gasteiger partial charge on any atom is -0.469 e. The molecule has 6 nitrogen and oxygen atoms in total. The van der Waals surface area contributed by atoms with Gasteiger partial charge in [0, 0.05) is 31.1 Å². The molecule has 5 rings (SSSR count). The summed E-state index contributed by atoms with van der Waals surface area (Å²) in [6, 6.07) is 20.0. The maximum Gasteiger partial charge on any atom is 0.308 e. The van der Waals surface area contributed by atoms with Crippen LogP contribution in [-0.2, 0) is 20.9 Å². The van der Waals surface area contributed by atoms with Crippen molar-refractivity contribution in [1.29, 1.82) is 0 Å². The zero-order valence-electron chi connectivity index (χ0n) is 19.9. The van der Waals surface area contributed by atoms with Crippen LogP contribution < -0.4 is 10.6 Å². The van der Waals surface area contributed by atoms with E-state index < -0.39 is 0 Å². The predicted molar refractivity (Wildman–Crippen MR) is 131 cm³/mol. The number of ether oxygens (including phenoxy) is 1. The first-order valence-electron chi connectivity index (χ1n) is 12.6. The smallest absolute Gasteiger partial charge is 0.308 e. The molecule has 0 bridgehead atoms. The molecule has 3 aliphatic rings. The Kier molecular flexibility index (Phi) is 6.97. The highest BCUT2D eigenvalue weighted by atomic mass is 16.5. The van der Waals surface area contributed by atoms with Crippen molar-refractivity contribution in [2.45, 2.75) is 50.2 Å². The zero-order chi connectivity index (χ0) is 23.5. The SMILES string of the molecule is COC(=O)C1CCN(Cc2ccc(C3NC4CCNC(=O)C4CC3c3ccccc3)cc2)CC1. The lowest BCUT2D eigenvalue weighted by Crippen LogP contribution is -2.56. The van der Waals surface area contributed by atoms with Gasteiger partial charge in [-0.25, -0.2) is 0 Å². The minimum absolute atomic E-state index is 0.0300. The van der Waals surface area contributed by atoms with Crippen molar-refractivity contribution < 1.29 is 14.3 Å². The van der Waals surface area contributed by atoms with Crippen molar-refractivity contribution in [3.05, 3.63) is 71.3 Å². The summed E-state index contributed by atoms with van der Waals surface area (Å²) >= 11 is 0. The number of carbonyl (C=O) groups is 2. The topological polar surface area (TPSA) is 70.7 Å². The number of likely N-dealkylation sites (tertiary alicyclic amines) is 1. The molecule has 3 heterocycles. The average molecular weight is 462 g/mol. The van der Waals surface area contributed by atoms with Crippen molar-refractivity contribution in [3.63, 3.8) is 0 Å². The number of fused-ring (bicyclic) bond motifs is 1. The van der Waals surface area contributed by atoms with Crippen LogP contribution in [-0.4, -0.2) is 49.6 Å². The van der Waals surface area contributed by atoms with E-state index in [1.54, 1.807) is 0 Å². The van der Waals surface area contributed by atoms with Crippen molar-refractivity contribution >= 4 is 11.9 Å². The predicted octanol–water partition coefficient (Wildman–Crippen LogP) is 3.39. The Morgan fingerprint density at radius 2 is 1.71 bits per heavy atom. The molecular weight excluding hydrogens is 426 g/mol. The fourth-order valence-corrected chi connectivity index (χ4v) is 6.03. The third-order valence-corrected chi connectivity index (χ3v) is 7.98. The van der Waals surface area contributed by atoms with Crippen LogP contribution in [0.1, 0.15) is 54.3 Å². The molecule has 0 radical (unpaired) electrons. The van der Waals surface area contributed by atoms with Crippen LogP contribution in [0.15, 0.2) is 54.6 Å². The van der Waals surface area contributed by atoms with Gasteiger partial charge in [-0.3, -0.25) is 14.5 Å². The lowest BCUT2D eigenvalue weighted by Gasteiger charge is -2.44. The molecule has 0 saturated carbocycles. The number of nitrogens with zero attached hydrogens (tertiary/aromatic N) is 1. The van der Waals surface area contributed by atoms with E-state index in [2.05, 4.69) is 64.1 Å². The second-order valence-corrected chi connectivity index (χ2v) is 10.0. The molecule has 0 spiro atoms. The van der Waals surface area contributed by atoms with Gasteiger partial charge in [0.1, 0.15) is 0 Å². The van der Waals surface area contributed by atoms with Gasteiger partial charge in [0.15, 0.2) is 0 Å². The number of hydrogen-bond acceptors (Lipinski definition) is 5. The Morgan fingerprint density at radius 3 is 2.41 bits per heavy atom. The Morgan fingerprint density at radius 1 is 0.971 bits per heavy atom. The Balaban J connectivity index is 1.29. The molecule has 180 valence electrons. The molecule has 2 N–H and O–H groups in total. The number of methoxy groups -OCH3 is 1. The number of piperidine rings is 3. The lowest BCUT2D eigenvalue weighted by molar-refractivity contribution is -0.147. The number of hydrogen-bond donors (Lipinski definition) is 2. The molecule has 6 heteroatoms. The number of benzene rings is 2. The third kappa shape index (κ3) is 4.89. The first-order chi connectivity index (χ1) is 16.6. The van der Waals surface area contributed by atoms with Gasteiger partial charge in [0.2, 0.25) is 5.91 Å². The highest BCUT2D eigenvalue weighted by molar-refractivity contribution is 5.80. The maximum atomic E-state index is 12.6. The number of carbonyl (C=O) groups excluding carboxylic acids is 2. The highest BCUT2D eigenvalue weighted by Gasteiger charge is 2.42. The number of rotatable bonds is 5. The van der Waals surface area contributed by atoms with Crippen molar-refractivity contribution in [1.82, 2.24) is 15.5 Å². The fourth-order valence-electron chi connectivity index (χ4n) is 6.03. The van der Waals surface area contributed by atoms with Gasteiger partial charge in [-0.05, 0) is 55.5 Å². The van der Waals surface area contributed by atoms with Crippen LogP contribution in [0.5, 0.6) is 0 Å². The van der Waals surface area contributed by atoms with Crippen LogP contribution in [0, 0.1) is 11.8 Å². The maximum absolute atomic E-state index is 12.6. The van der Waals surface area contributed by atoms with Gasteiger partial charge < -0.3 is 15.4 Å². The second-order valence-electron chi connectivity index (χ2n) is 10.0. The van der Waals surface area contributed by atoms with Gasteiger partial charge >= 0.3 is 5.97 Å². The van der Waals surface area contributed by atoms with E-state index in [1.807, 2.05) is 6.07 Å². The Labute approximate surface area is 202 Å². The first-order valence-corrected chi connectivity index (χ1v) is 12.6. The fraction of sp³-hybridized carbons (Fsp3) is 0.500. The van der Waals surface area contributed by atoms with Crippen LogP contribution in [0.4, 0.5) is 0 Å². The van der Waals surface area contributed by atoms with Crippen molar-refractivity contribution in [2.75, 3.05) is 26.7 Å². The summed E-state index contributed by atoms with van der Waals surface area (Å²) in [5.41, 5.74) is 3.86. The summed E-state index contributed by atoms with van der Waals surface area (Å²) < 4.78 is 4.91. The summed E-state index contributed by atoms with van der Waals surface area (Å²) in [7, 11) is 1.48. The van der Waals surface area contributed by atoms with E-state index in [1.165, 1.54) is 23.8 Å². The van der Waals surface area contributed by atoms with Crippen LogP contribution in [0.3, 0.4) is 0 Å². The third-order valence-electron chi connectivity index (χ3n) is 7.98.